The monoisotopic (exact) mass is 329 g/mol. The molecular weight excluding hydrogens is 306 g/mol. The Kier molecular flexibility index (Phi) is 4.10. The van der Waals surface area contributed by atoms with Gasteiger partial charge in [-0.1, -0.05) is 12.8 Å². The molecular formula is C17H23N5O2. The van der Waals surface area contributed by atoms with Gasteiger partial charge in [-0.05, 0) is 25.0 Å². The largest absolute Gasteiger partial charge is 0.366 e. The number of aromatic nitrogens is 4. The van der Waals surface area contributed by atoms with E-state index in [0.29, 0.717) is 25.7 Å². The molecule has 24 heavy (non-hydrogen) atoms. The van der Waals surface area contributed by atoms with Gasteiger partial charge in [-0.3, -0.25) is 4.79 Å². The molecule has 0 radical (unpaired) electrons. The van der Waals surface area contributed by atoms with Crippen LogP contribution in [0.1, 0.15) is 54.1 Å². The predicted molar refractivity (Wildman–Crippen MR) is 87.5 cm³/mol. The van der Waals surface area contributed by atoms with E-state index >= 15 is 0 Å². The number of hydrogen-bond donors (Lipinski definition) is 0. The molecule has 0 aromatic carbocycles. The molecule has 2 aromatic rings. The van der Waals surface area contributed by atoms with Crippen LogP contribution >= 0.6 is 0 Å². The van der Waals surface area contributed by atoms with E-state index in [1.54, 1.807) is 6.33 Å². The molecule has 1 amide bonds. The van der Waals surface area contributed by atoms with Gasteiger partial charge in [-0.15, -0.1) is 10.2 Å². The van der Waals surface area contributed by atoms with Crippen LogP contribution in [0.15, 0.2) is 24.7 Å². The van der Waals surface area contributed by atoms with E-state index in [1.165, 1.54) is 25.7 Å². The molecule has 7 nitrogen and oxygen atoms in total. The minimum Gasteiger partial charge on any atom is -0.366 e. The van der Waals surface area contributed by atoms with Crippen molar-refractivity contribution in [2.45, 2.75) is 37.8 Å². The predicted octanol–water partition coefficient (Wildman–Crippen LogP) is 1.95. The third-order valence-corrected chi connectivity index (χ3v) is 5.10. The third kappa shape index (κ3) is 2.73. The first-order chi connectivity index (χ1) is 11.7. The Labute approximate surface area is 141 Å². The highest BCUT2D eigenvalue weighted by Gasteiger charge is 2.31. The van der Waals surface area contributed by atoms with Gasteiger partial charge >= 0.3 is 0 Å². The molecule has 2 aromatic heterocycles. The molecule has 0 unspecified atom stereocenters. The molecule has 3 heterocycles. The van der Waals surface area contributed by atoms with Crippen LogP contribution in [0.25, 0.3) is 0 Å². The third-order valence-electron chi connectivity index (χ3n) is 5.10. The molecule has 1 saturated carbocycles. The van der Waals surface area contributed by atoms with Crippen molar-refractivity contribution < 1.29 is 9.53 Å². The average Bonchev–Trinajstić information content (AvgIpc) is 3.34. The molecule has 1 atom stereocenters. The molecule has 2 aliphatic rings. The van der Waals surface area contributed by atoms with Crippen molar-refractivity contribution in [1.29, 1.82) is 0 Å². The summed E-state index contributed by atoms with van der Waals surface area (Å²) in [5.41, 5.74) is 0.792. The molecule has 1 aliphatic carbocycles. The second-order valence-electron chi connectivity index (χ2n) is 6.65. The number of aryl methyl sites for hydroxylation is 1. The molecule has 0 bridgehead atoms. The van der Waals surface area contributed by atoms with Crippen molar-refractivity contribution in [2.75, 3.05) is 19.7 Å². The number of rotatable bonds is 3. The Morgan fingerprint density at radius 2 is 2.17 bits per heavy atom. The normalized spacial score (nSPS) is 22.2. The summed E-state index contributed by atoms with van der Waals surface area (Å²) in [7, 11) is 1.89. The van der Waals surface area contributed by atoms with Gasteiger partial charge in [0.15, 0.2) is 5.82 Å². The molecule has 1 saturated heterocycles. The van der Waals surface area contributed by atoms with Gasteiger partial charge in [0.05, 0.1) is 13.2 Å². The number of ether oxygens (including phenoxy) is 1. The van der Waals surface area contributed by atoms with E-state index in [9.17, 15) is 4.79 Å². The van der Waals surface area contributed by atoms with Crippen LogP contribution in [-0.4, -0.2) is 49.8 Å². The number of carbonyl (C=O) groups excluding carboxylic acids is 1. The Bertz CT molecular complexity index is 716. The lowest BCUT2D eigenvalue weighted by Gasteiger charge is -2.32. The average molecular weight is 329 g/mol. The molecule has 128 valence electrons. The standard InChI is InChI=1S/C17H23N5O2/c1-20-12-18-19-16(20)15-11-21(9-10-24-15)17(23)14-7-4-8-22(14)13-5-2-3-6-13/h4,7-8,12-13,15H,2-3,5-6,9-11H2,1H3/t15-/m0/s1. The highest BCUT2D eigenvalue weighted by Crippen LogP contribution is 2.31. The minimum absolute atomic E-state index is 0.0855. The van der Waals surface area contributed by atoms with Crippen LogP contribution < -0.4 is 0 Å². The quantitative estimate of drug-likeness (QED) is 0.863. The summed E-state index contributed by atoms with van der Waals surface area (Å²) >= 11 is 0. The van der Waals surface area contributed by atoms with Gasteiger partial charge in [0.2, 0.25) is 0 Å². The first-order valence-electron chi connectivity index (χ1n) is 8.65. The van der Waals surface area contributed by atoms with Gasteiger partial charge in [-0.25, -0.2) is 0 Å². The first-order valence-corrected chi connectivity index (χ1v) is 8.65. The summed E-state index contributed by atoms with van der Waals surface area (Å²) in [6.07, 6.45) is 8.32. The van der Waals surface area contributed by atoms with Gasteiger partial charge < -0.3 is 18.8 Å². The van der Waals surface area contributed by atoms with E-state index in [-0.39, 0.29) is 12.0 Å². The maximum Gasteiger partial charge on any atom is 0.270 e. The zero-order valence-electron chi connectivity index (χ0n) is 14.0. The Balaban J connectivity index is 1.52. The van der Waals surface area contributed by atoms with Crippen molar-refractivity contribution >= 4 is 5.91 Å². The second-order valence-corrected chi connectivity index (χ2v) is 6.65. The summed E-state index contributed by atoms with van der Waals surface area (Å²) in [6.45, 7) is 1.65. The maximum absolute atomic E-state index is 13.0. The highest BCUT2D eigenvalue weighted by atomic mass is 16.5. The van der Waals surface area contributed by atoms with E-state index in [0.717, 1.165) is 11.5 Å². The molecule has 1 aliphatic heterocycles. The molecule has 0 N–H and O–H groups in total. The van der Waals surface area contributed by atoms with Crippen LogP contribution in [0.5, 0.6) is 0 Å². The fourth-order valence-electron chi connectivity index (χ4n) is 3.81. The van der Waals surface area contributed by atoms with E-state index in [4.69, 9.17) is 4.74 Å². The van der Waals surface area contributed by atoms with Crippen LogP contribution in [0.2, 0.25) is 0 Å². The van der Waals surface area contributed by atoms with E-state index in [1.807, 2.05) is 34.8 Å². The fraction of sp³-hybridized carbons (Fsp3) is 0.588. The van der Waals surface area contributed by atoms with Gasteiger partial charge in [0.1, 0.15) is 18.1 Å². The number of morpholine rings is 1. The number of hydrogen-bond acceptors (Lipinski definition) is 4. The molecule has 4 rings (SSSR count). The van der Waals surface area contributed by atoms with Crippen molar-refractivity contribution in [1.82, 2.24) is 24.2 Å². The molecule has 0 spiro atoms. The lowest BCUT2D eigenvalue weighted by molar-refractivity contribution is -0.0284. The summed E-state index contributed by atoms with van der Waals surface area (Å²) in [5, 5.41) is 8.03. The van der Waals surface area contributed by atoms with E-state index < -0.39 is 0 Å². The Morgan fingerprint density at radius 1 is 1.33 bits per heavy atom. The zero-order chi connectivity index (χ0) is 16.5. The lowest BCUT2D eigenvalue weighted by Crippen LogP contribution is -2.43. The number of nitrogens with zero attached hydrogens (tertiary/aromatic N) is 5. The number of carbonyl (C=O) groups is 1. The van der Waals surface area contributed by atoms with Gasteiger partial charge in [0.25, 0.3) is 5.91 Å². The fourth-order valence-corrected chi connectivity index (χ4v) is 3.81. The van der Waals surface area contributed by atoms with E-state index in [2.05, 4.69) is 14.8 Å². The topological polar surface area (TPSA) is 65.2 Å². The lowest BCUT2D eigenvalue weighted by atomic mass is 10.2. The second kappa shape index (κ2) is 6.39. The Hall–Kier alpha value is -2.15. The Morgan fingerprint density at radius 3 is 2.92 bits per heavy atom. The zero-order valence-corrected chi connectivity index (χ0v) is 14.0. The summed E-state index contributed by atoms with van der Waals surface area (Å²) in [4.78, 5) is 14.9. The van der Waals surface area contributed by atoms with Crippen molar-refractivity contribution in [3.63, 3.8) is 0 Å². The van der Waals surface area contributed by atoms with Gasteiger partial charge in [0, 0.05) is 25.8 Å². The smallest absolute Gasteiger partial charge is 0.270 e. The maximum atomic E-state index is 13.0. The summed E-state index contributed by atoms with van der Waals surface area (Å²) in [5.74, 6) is 0.848. The summed E-state index contributed by atoms with van der Waals surface area (Å²) < 4.78 is 9.82. The van der Waals surface area contributed by atoms with Crippen molar-refractivity contribution in [2.24, 2.45) is 7.05 Å². The van der Waals surface area contributed by atoms with Crippen molar-refractivity contribution in [3.05, 3.63) is 36.2 Å². The van der Waals surface area contributed by atoms with Crippen LogP contribution in [0.3, 0.4) is 0 Å². The first kappa shape index (κ1) is 15.4. The number of amides is 1. The minimum atomic E-state index is -0.218. The highest BCUT2D eigenvalue weighted by molar-refractivity contribution is 5.93. The van der Waals surface area contributed by atoms with Crippen LogP contribution in [-0.2, 0) is 11.8 Å². The van der Waals surface area contributed by atoms with Crippen LogP contribution in [0, 0.1) is 0 Å². The van der Waals surface area contributed by atoms with Crippen molar-refractivity contribution in [3.8, 4) is 0 Å². The molecule has 2 fully saturated rings. The SMILES string of the molecule is Cn1cnnc1[C@@H]1CN(C(=O)c2cccn2C2CCCC2)CCO1. The molecule has 7 heteroatoms. The van der Waals surface area contributed by atoms with Gasteiger partial charge in [-0.2, -0.15) is 0 Å². The van der Waals surface area contributed by atoms with Crippen LogP contribution in [0.4, 0.5) is 0 Å². The summed E-state index contributed by atoms with van der Waals surface area (Å²) in [6, 6.07) is 4.38.